The Morgan fingerprint density at radius 1 is 1.24 bits per heavy atom. The SMILES string of the molecule is CCC(c1ccc(F)c(-c2nc(N3CCOCC3)sc2-c2ccnc(Cl)n2)c1F)S(N)(=O)=O. The number of hydrogen-bond acceptors (Lipinski definition) is 8. The molecule has 176 valence electrons. The Balaban J connectivity index is 1.94. The van der Waals surface area contributed by atoms with Gasteiger partial charge in [0.1, 0.15) is 16.9 Å². The number of thiazole rings is 1. The first-order valence-corrected chi connectivity index (χ1v) is 12.8. The lowest BCUT2D eigenvalue weighted by Crippen LogP contribution is -2.36. The van der Waals surface area contributed by atoms with Crippen molar-refractivity contribution in [3.8, 4) is 21.8 Å². The standard InChI is InChI=1S/C20H20ClF2N5O3S2/c1-2-14(33(24,29)30)11-3-4-12(22)15(16(11)23)17-18(13-5-6-25-19(21)26-13)32-20(27-17)28-7-9-31-10-8-28/h3-6,14H,2,7-10H2,1H3,(H2,24,29,30). The van der Waals surface area contributed by atoms with Gasteiger partial charge in [-0.05, 0) is 30.2 Å². The van der Waals surface area contributed by atoms with E-state index < -0.39 is 32.5 Å². The Hall–Kier alpha value is -2.25. The summed E-state index contributed by atoms with van der Waals surface area (Å²) in [6, 6.07) is 3.68. The number of nitrogens with two attached hydrogens (primary N) is 1. The second-order valence-corrected chi connectivity index (χ2v) is 10.4. The lowest BCUT2D eigenvalue weighted by molar-refractivity contribution is 0.122. The van der Waals surface area contributed by atoms with Crippen LogP contribution in [0.25, 0.3) is 21.8 Å². The quantitative estimate of drug-likeness (QED) is 0.497. The van der Waals surface area contributed by atoms with Gasteiger partial charge in [0.2, 0.25) is 15.3 Å². The van der Waals surface area contributed by atoms with Crippen LogP contribution in [-0.2, 0) is 14.8 Å². The fourth-order valence-corrected chi connectivity index (χ4v) is 5.91. The van der Waals surface area contributed by atoms with Crippen LogP contribution in [0.5, 0.6) is 0 Å². The number of anilines is 1. The van der Waals surface area contributed by atoms with E-state index in [1.165, 1.54) is 17.5 Å². The number of sulfonamides is 1. The average molecular weight is 516 g/mol. The van der Waals surface area contributed by atoms with Crippen molar-refractivity contribution < 1.29 is 21.9 Å². The molecule has 1 aromatic carbocycles. The second-order valence-electron chi connectivity index (χ2n) is 7.30. The van der Waals surface area contributed by atoms with Crippen molar-refractivity contribution in [1.82, 2.24) is 15.0 Å². The minimum Gasteiger partial charge on any atom is -0.378 e. The Bertz CT molecular complexity index is 1280. The summed E-state index contributed by atoms with van der Waals surface area (Å²) in [6.45, 7) is 3.67. The molecule has 3 heterocycles. The molecule has 1 fully saturated rings. The molecule has 0 spiro atoms. The Morgan fingerprint density at radius 2 is 1.97 bits per heavy atom. The Kier molecular flexibility index (Phi) is 6.91. The molecule has 1 unspecified atom stereocenters. The summed E-state index contributed by atoms with van der Waals surface area (Å²) in [5, 5.41) is 4.47. The van der Waals surface area contributed by atoms with Crippen LogP contribution in [0.4, 0.5) is 13.9 Å². The number of nitrogens with zero attached hydrogens (tertiary/aromatic N) is 4. The molecule has 1 saturated heterocycles. The monoisotopic (exact) mass is 515 g/mol. The predicted octanol–water partition coefficient (Wildman–Crippen LogP) is 3.77. The van der Waals surface area contributed by atoms with E-state index in [2.05, 4.69) is 15.0 Å². The summed E-state index contributed by atoms with van der Waals surface area (Å²) in [5.74, 6) is -1.92. The summed E-state index contributed by atoms with van der Waals surface area (Å²) < 4.78 is 60.2. The highest BCUT2D eigenvalue weighted by atomic mass is 35.5. The zero-order chi connectivity index (χ0) is 23.8. The fraction of sp³-hybridized carbons (Fsp3) is 0.350. The van der Waals surface area contributed by atoms with Gasteiger partial charge in [-0.3, -0.25) is 0 Å². The minimum atomic E-state index is -4.12. The van der Waals surface area contributed by atoms with Gasteiger partial charge in [-0.1, -0.05) is 24.3 Å². The molecule has 2 N–H and O–H groups in total. The molecule has 3 aromatic rings. The van der Waals surface area contributed by atoms with Crippen molar-refractivity contribution in [3.05, 3.63) is 46.9 Å². The third kappa shape index (κ3) is 4.85. The zero-order valence-electron chi connectivity index (χ0n) is 17.5. The Labute approximate surface area is 198 Å². The molecule has 13 heteroatoms. The topological polar surface area (TPSA) is 111 Å². The van der Waals surface area contributed by atoms with E-state index in [1.54, 1.807) is 13.0 Å². The summed E-state index contributed by atoms with van der Waals surface area (Å²) in [4.78, 5) is 14.9. The molecule has 33 heavy (non-hydrogen) atoms. The number of halogens is 3. The van der Waals surface area contributed by atoms with E-state index in [0.717, 1.165) is 12.1 Å². The molecule has 0 amide bonds. The maximum Gasteiger partial charge on any atom is 0.222 e. The molecule has 1 aliphatic heterocycles. The average Bonchev–Trinajstić information content (AvgIpc) is 3.21. The molecule has 0 saturated carbocycles. The van der Waals surface area contributed by atoms with E-state index in [1.807, 2.05) is 4.90 Å². The number of rotatable bonds is 6. The van der Waals surface area contributed by atoms with Gasteiger partial charge in [-0.15, -0.1) is 0 Å². The maximum atomic E-state index is 15.7. The molecule has 8 nitrogen and oxygen atoms in total. The van der Waals surface area contributed by atoms with Crippen molar-refractivity contribution in [2.75, 3.05) is 31.2 Å². The van der Waals surface area contributed by atoms with Crippen molar-refractivity contribution in [2.45, 2.75) is 18.6 Å². The van der Waals surface area contributed by atoms with Crippen LogP contribution in [0.15, 0.2) is 24.4 Å². The van der Waals surface area contributed by atoms with E-state index in [4.69, 9.17) is 21.5 Å². The van der Waals surface area contributed by atoms with Gasteiger partial charge in [-0.25, -0.2) is 37.3 Å². The first-order chi connectivity index (χ1) is 15.7. The van der Waals surface area contributed by atoms with Gasteiger partial charge in [-0.2, -0.15) is 0 Å². The molecule has 0 radical (unpaired) electrons. The van der Waals surface area contributed by atoms with Crippen LogP contribution in [-0.4, -0.2) is 49.7 Å². The minimum absolute atomic E-state index is 0.00243. The van der Waals surface area contributed by atoms with Crippen LogP contribution in [0, 0.1) is 11.6 Å². The molecule has 1 aliphatic rings. The number of ether oxygens (including phenoxy) is 1. The molecule has 2 aromatic heterocycles. The lowest BCUT2D eigenvalue weighted by atomic mass is 10.0. The number of hydrogen-bond donors (Lipinski definition) is 1. The van der Waals surface area contributed by atoms with Gasteiger partial charge in [0.15, 0.2) is 5.13 Å². The number of morpholine rings is 1. The summed E-state index contributed by atoms with van der Waals surface area (Å²) >= 11 is 7.15. The third-order valence-electron chi connectivity index (χ3n) is 5.23. The normalized spacial score (nSPS) is 15.6. The van der Waals surface area contributed by atoms with Crippen LogP contribution < -0.4 is 10.0 Å². The van der Waals surface area contributed by atoms with Gasteiger partial charge in [0, 0.05) is 24.8 Å². The highest BCUT2D eigenvalue weighted by molar-refractivity contribution is 7.89. The number of aromatic nitrogens is 3. The van der Waals surface area contributed by atoms with E-state index in [0.29, 0.717) is 42.0 Å². The highest BCUT2D eigenvalue weighted by Crippen LogP contribution is 2.43. The Morgan fingerprint density at radius 3 is 2.61 bits per heavy atom. The first-order valence-electron chi connectivity index (χ1n) is 10.0. The van der Waals surface area contributed by atoms with Crippen LogP contribution >= 0.6 is 22.9 Å². The molecule has 4 rings (SSSR count). The first kappa shape index (κ1) is 23.9. The fourth-order valence-electron chi connectivity index (χ4n) is 3.67. The van der Waals surface area contributed by atoms with Gasteiger partial charge in [0.05, 0.1) is 35.0 Å². The van der Waals surface area contributed by atoms with Crippen LogP contribution in [0.1, 0.15) is 24.2 Å². The molecular weight excluding hydrogens is 496 g/mol. The summed E-state index contributed by atoms with van der Waals surface area (Å²) in [7, 11) is -4.12. The molecule has 1 atom stereocenters. The maximum absolute atomic E-state index is 15.7. The predicted molar refractivity (Wildman–Crippen MR) is 123 cm³/mol. The molecule has 0 bridgehead atoms. The van der Waals surface area contributed by atoms with E-state index >= 15 is 8.78 Å². The smallest absolute Gasteiger partial charge is 0.222 e. The largest absolute Gasteiger partial charge is 0.378 e. The molecule has 0 aliphatic carbocycles. The van der Waals surface area contributed by atoms with E-state index in [9.17, 15) is 8.42 Å². The van der Waals surface area contributed by atoms with Crippen molar-refractivity contribution in [3.63, 3.8) is 0 Å². The number of benzene rings is 1. The van der Waals surface area contributed by atoms with Crippen molar-refractivity contribution in [1.29, 1.82) is 0 Å². The van der Waals surface area contributed by atoms with Gasteiger partial charge in [0.25, 0.3) is 0 Å². The lowest BCUT2D eigenvalue weighted by Gasteiger charge is -2.26. The van der Waals surface area contributed by atoms with E-state index in [-0.39, 0.29) is 23.0 Å². The molecular formula is C20H20ClF2N5O3S2. The van der Waals surface area contributed by atoms with Gasteiger partial charge < -0.3 is 9.64 Å². The summed E-state index contributed by atoms with van der Waals surface area (Å²) in [6.07, 6.45) is 1.45. The van der Waals surface area contributed by atoms with Crippen molar-refractivity contribution >= 4 is 38.1 Å². The number of primary sulfonamides is 1. The van der Waals surface area contributed by atoms with Gasteiger partial charge >= 0.3 is 0 Å². The second kappa shape index (κ2) is 9.55. The summed E-state index contributed by atoms with van der Waals surface area (Å²) in [5.41, 5.74) is -0.332. The van der Waals surface area contributed by atoms with Crippen LogP contribution in [0.2, 0.25) is 5.28 Å². The zero-order valence-corrected chi connectivity index (χ0v) is 19.9. The van der Waals surface area contributed by atoms with Crippen molar-refractivity contribution in [2.24, 2.45) is 5.14 Å². The highest BCUT2D eigenvalue weighted by Gasteiger charge is 2.31. The van der Waals surface area contributed by atoms with Crippen LogP contribution in [0.3, 0.4) is 0 Å². The third-order valence-corrected chi connectivity index (χ3v) is 7.93.